The molecule has 4 rings (SSSR count). The first-order chi connectivity index (χ1) is 13.6. The summed E-state index contributed by atoms with van der Waals surface area (Å²) in [5.41, 5.74) is 2.17. The average Bonchev–Trinajstić information content (AvgIpc) is 3.32. The standard InChI is InChI=1S/C22H21NO5/c1-27-16-9-10-17-18(12-16)28-20(19(17)13-5-3-2-4-6-13)21(24)23-15-8-7-14(11-15)22(25)26/h2-6,9-10,12,14-15H,7-8,11H2,1H3,(H,23,24)(H,25,26)/t14-,15+/m1/s1. The Morgan fingerprint density at radius 1 is 1.14 bits per heavy atom. The summed E-state index contributed by atoms with van der Waals surface area (Å²) in [4.78, 5) is 24.2. The van der Waals surface area contributed by atoms with Crippen molar-refractivity contribution in [3.05, 3.63) is 54.3 Å². The third-order valence-electron chi connectivity index (χ3n) is 5.28. The summed E-state index contributed by atoms with van der Waals surface area (Å²) in [6.07, 6.45) is 1.66. The Labute approximate surface area is 162 Å². The Morgan fingerprint density at radius 2 is 1.93 bits per heavy atom. The summed E-state index contributed by atoms with van der Waals surface area (Å²) in [5.74, 6) is -0.664. The Kier molecular flexibility index (Phi) is 4.77. The number of fused-ring (bicyclic) bond motifs is 1. The zero-order chi connectivity index (χ0) is 19.7. The van der Waals surface area contributed by atoms with Crippen LogP contribution in [0, 0.1) is 5.92 Å². The number of carboxylic acid groups (broad SMARTS) is 1. The molecule has 1 aliphatic rings. The Balaban J connectivity index is 1.71. The van der Waals surface area contributed by atoms with Gasteiger partial charge in [-0.25, -0.2) is 0 Å². The summed E-state index contributed by atoms with van der Waals surface area (Å²) in [5, 5.41) is 13.0. The lowest BCUT2D eigenvalue weighted by Crippen LogP contribution is -2.33. The van der Waals surface area contributed by atoms with E-state index in [0.29, 0.717) is 30.6 Å². The summed E-state index contributed by atoms with van der Waals surface area (Å²) in [6.45, 7) is 0. The molecule has 1 fully saturated rings. The highest BCUT2D eigenvalue weighted by Crippen LogP contribution is 2.37. The minimum Gasteiger partial charge on any atom is -0.497 e. The molecular formula is C22H21NO5. The molecule has 3 aromatic rings. The largest absolute Gasteiger partial charge is 0.497 e. The van der Waals surface area contributed by atoms with Crippen molar-refractivity contribution in [1.29, 1.82) is 0 Å². The van der Waals surface area contributed by atoms with E-state index in [1.165, 1.54) is 0 Å². The maximum absolute atomic E-state index is 13.0. The first-order valence-electron chi connectivity index (χ1n) is 9.26. The second-order valence-corrected chi connectivity index (χ2v) is 7.05. The molecule has 0 saturated heterocycles. The van der Waals surface area contributed by atoms with Gasteiger partial charge in [-0.1, -0.05) is 30.3 Å². The van der Waals surface area contributed by atoms with Crippen molar-refractivity contribution in [2.24, 2.45) is 5.92 Å². The molecule has 6 heteroatoms. The van der Waals surface area contributed by atoms with E-state index in [1.807, 2.05) is 42.5 Å². The molecule has 1 aliphatic carbocycles. The number of carboxylic acids is 1. The topological polar surface area (TPSA) is 88.8 Å². The van der Waals surface area contributed by atoms with E-state index >= 15 is 0 Å². The molecular weight excluding hydrogens is 358 g/mol. The van der Waals surface area contributed by atoms with Crippen LogP contribution in [0.25, 0.3) is 22.1 Å². The van der Waals surface area contributed by atoms with Crippen molar-refractivity contribution in [2.45, 2.75) is 25.3 Å². The molecule has 0 aliphatic heterocycles. The van der Waals surface area contributed by atoms with Gasteiger partial charge in [0.1, 0.15) is 11.3 Å². The number of furan rings is 1. The van der Waals surface area contributed by atoms with Gasteiger partial charge in [-0.2, -0.15) is 0 Å². The number of rotatable bonds is 5. The highest BCUT2D eigenvalue weighted by molar-refractivity contribution is 6.08. The number of carbonyl (C=O) groups is 2. The van der Waals surface area contributed by atoms with E-state index in [9.17, 15) is 14.7 Å². The number of amides is 1. The Morgan fingerprint density at radius 3 is 2.61 bits per heavy atom. The smallest absolute Gasteiger partial charge is 0.306 e. The average molecular weight is 379 g/mol. The summed E-state index contributed by atoms with van der Waals surface area (Å²) in [7, 11) is 1.58. The number of aliphatic carboxylic acids is 1. The van der Waals surface area contributed by atoms with Gasteiger partial charge in [0.25, 0.3) is 5.91 Å². The SMILES string of the molecule is COc1ccc2c(-c3ccccc3)c(C(=O)N[C@H]3CC[C@@H](C(=O)O)C3)oc2c1. The molecule has 1 saturated carbocycles. The number of hydrogen-bond acceptors (Lipinski definition) is 4. The van der Waals surface area contributed by atoms with Crippen LogP contribution >= 0.6 is 0 Å². The van der Waals surface area contributed by atoms with Crippen molar-refractivity contribution in [3.63, 3.8) is 0 Å². The van der Waals surface area contributed by atoms with Crippen LogP contribution in [0.4, 0.5) is 0 Å². The summed E-state index contributed by atoms with van der Waals surface area (Å²) in [6, 6.07) is 14.9. The van der Waals surface area contributed by atoms with Crippen LogP contribution in [0.5, 0.6) is 5.75 Å². The van der Waals surface area contributed by atoms with E-state index < -0.39 is 11.9 Å². The fourth-order valence-corrected chi connectivity index (χ4v) is 3.84. The first-order valence-corrected chi connectivity index (χ1v) is 9.26. The number of ether oxygens (including phenoxy) is 1. The minimum atomic E-state index is -0.808. The van der Waals surface area contributed by atoms with Crippen molar-refractivity contribution >= 4 is 22.8 Å². The zero-order valence-corrected chi connectivity index (χ0v) is 15.5. The van der Waals surface area contributed by atoms with Gasteiger partial charge in [-0.05, 0) is 37.0 Å². The molecule has 1 aromatic heterocycles. The lowest BCUT2D eigenvalue weighted by Gasteiger charge is -2.12. The highest BCUT2D eigenvalue weighted by Gasteiger charge is 2.32. The molecule has 1 heterocycles. The molecule has 2 N–H and O–H groups in total. The third-order valence-corrected chi connectivity index (χ3v) is 5.28. The van der Waals surface area contributed by atoms with Crippen molar-refractivity contribution in [3.8, 4) is 16.9 Å². The van der Waals surface area contributed by atoms with Gasteiger partial charge in [-0.15, -0.1) is 0 Å². The van der Waals surface area contributed by atoms with Gasteiger partial charge in [-0.3, -0.25) is 9.59 Å². The van der Waals surface area contributed by atoms with Gasteiger partial charge in [0.05, 0.1) is 13.0 Å². The summed E-state index contributed by atoms with van der Waals surface area (Å²) < 4.78 is 11.2. The predicted molar refractivity (Wildman–Crippen MR) is 104 cm³/mol. The number of methoxy groups -OCH3 is 1. The Hall–Kier alpha value is -3.28. The van der Waals surface area contributed by atoms with Gasteiger partial charge in [0.2, 0.25) is 5.76 Å². The molecule has 0 unspecified atom stereocenters. The van der Waals surface area contributed by atoms with E-state index in [-0.39, 0.29) is 17.7 Å². The fourth-order valence-electron chi connectivity index (χ4n) is 3.84. The van der Waals surface area contributed by atoms with Crippen molar-refractivity contribution in [1.82, 2.24) is 5.32 Å². The monoisotopic (exact) mass is 379 g/mol. The molecule has 0 radical (unpaired) electrons. The quantitative estimate of drug-likeness (QED) is 0.697. The summed E-state index contributed by atoms with van der Waals surface area (Å²) >= 11 is 0. The molecule has 2 aromatic carbocycles. The zero-order valence-electron chi connectivity index (χ0n) is 15.5. The van der Waals surface area contributed by atoms with Gasteiger partial charge < -0.3 is 19.6 Å². The maximum Gasteiger partial charge on any atom is 0.306 e. The van der Waals surface area contributed by atoms with E-state index in [0.717, 1.165) is 16.5 Å². The van der Waals surface area contributed by atoms with Crippen LogP contribution in [-0.4, -0.2) is 30.1 Å². The lowest BCUT2D eigenvalue weighted by molar-refractivity contribution is -0.141. The molecule has 2 atom stereocenters. The van der Waals surface area contributed by atoms with Gasteiger partial charge in [0.15, 0.2) is 0 Å². The molecule has 0 bridgehead atoms. The van der Waals surface area contributed by atoms with E-state index in [1.54, 1.807) is 13.2 Å². The number of hydrogen-bond donors (Lipinski definition) is 2. The van der Waals surface area contributed by atoms with Crippen LogP contribution in [0.15, 0.2) is 52.9 Å². The highest BCUT2D eigenvalue weighted by atomic mass is 16.5. The Bertz CT molecular complexity index is 1020. The fraction of sp³-hybridized carbons (Fsp3) is 0.273. The van der Waals surface area contributed by atoms with Crippen molar-refractivity contribution < 1.29 is 23.8 Å². The number of carbonyl (C=O) groups excluding carboxylic acids is 1. The number of nitrogens with one attached hydrogen (secondary N) is 1. The van der Waals surface area contributed by atoms with Gasteiger partial charge >= 0.3 is 5.97 Å². The van der Waals surface area contributed by atoms with Crippen LogP contribution in [0.3, 0.4) is 0 Å². The van der Waals surface area contributed by atoms with E-state index in [4.69, 9.17) is 9.15 Å². The normalized spacial score (nSPS) is 18.9. The lowest BCUT2D eigenvalue weighted by atomic mass is 10.0. The van der Waals surface area contributed by atoms with Crippen molar-refractivity contribution in [2.75, 3.05) is 7.11 Å². The second-order valence-electron chi connectivity index (χ2n) is 7.05. The third kappa shape index (κ3) is 3.33. The number of benzene rings is 2. The molecule has 6 nitrogen and oxygen atoms in total. The first kappa shape index (κ1) is 18.1. The minimum absolute atomic E-state index is 0.167. The van der Waals surface area contributed by atoms with Gasteiger partial charge in [0, 0.05) is 23.1 Å². The second kappa shape index (κ2) is 7.38. The van der Waals surface area contributed by atoms with Crippen LogP contribution in [-0.2, 0) is 4.79 Å². The van der Waals surface area contributed by atoms with E-state index in [2.05, 4.69) is 5.32 Å². The van der Waals surface area contributed by atoms with Crippen LogP contribution in [0.1, 0.15) is 29.8 Å². The molecule has 0 spiro atoms. The predicted octanol–water partition coefficient (Wildman–Crippen LogP) is 4.09. The maximum atomic E-state index is 13.0. The molecule has 1 amide bonds. The van der Waals surface area contributed by atoms with Crippen LogP contribution < -0.4 is 10.1 Å². The van der Waals surface area contributed by atoms with Crippen LogP contribution in [0.2, 0.25) is 0 Å². The molecule has 144 valence electrons. The molecule has 28 heavy (non-hydrogen) atoms.